The summed E-state index contributed by atoms with van der Waals surface area (Å²) < 4.78 is 25.2. The van der Waals surface area contributed by atoms with Crippen LogP contribution in [0, 0.1) is 0 Å². The molecule has 1 unspecified atom stereocenters. The molecule has 2 heterocycles. The number of nitrogens with one attached hydrogen (secondary N) is 1. The molecule has 0 aromatic carbocycles. The van der Waals surface area contributed by atoms with Gasteiger partial charge < -0.3 is 5.32 Å². The summed E-state index contributed by atoms with van der Waals surface area (Å²) in [6.07, 6.45) is 2.99. The Hall–Kier alpha value is -0.140. The van der Waals surface area contributed by atoms with Crippen molar-refractivity contribution in [1.82, 2.24) is 9.62 Å². The normalized spacial score (nSPS) is 20.6. The van der Waals surface area contributed by atoms with Gasteiger partial charge in [0.25, 0.3) is 0 Å². The standard InChI is InChI=1S/C12H19ClN2O2S2/c1-9(10-7-12(13)18-8-10)14-11-3-5-15(6-4-11)19(2,16)17/h7-9,11,14H,3-6H2,1-2H3. The fourth-order valence-corrected chi connectivity index (χ4v) is 4.21. The molecule has 1 aliphatic heterocycles. The average Bonchev–Trinajstić information content (AvgIpc) is 2.75. The minimum atomic E-state index is -3.04. The van der Waals surface area contributed by atoms with E-state index in [2.05, 4.69) is 17.6 Å². The zero-order valence-corrected chi connectivity index (χ0v) is 13.5. The van der Waals surface area contributed by atoms with Crippen LogP contribution in [-0.4, -0.2) is 38.1 Å². The maximum Gasteiger partial charge on any atom is 0.211 e. The van der Waals surface area contributed by atoms with E-state index in [0.29, 0.717) is 19.1 Å². The van der Waals surface area contributed by atoms with Gasteiger partial charge in [0.2, 0.25) is 10.0 Å². The van der Waals surface area contributed by atoms with Crippen LogP contribution in [0.5, 0.6) is 0 Å². The van der Waals surface area contributed by atoms with E-state index in [1.165, 1.54) is 23.2 Å². The maximum absolute atomic E-state index is 11.4. The van der Waals surface area contributed by atoms with E-state index in [9.17, 15) is 8.42 Å². The number of hydrogen-bond acceptors (Lipinski definition) is 4. The first-order chi connectivity index (χ1) is 8.86. The maximum atomic E-state index is 11.4. The highest BCUT2D eigenvalue weighted by Crippen LogP contribution is 2.26. The Morgan fingerprint density at radius 3 is 2.58 bits per heavy atom. The smallest absolute Gasteiger partial charge is 0.211 e. The lowest BCUT2D eigenvalue weighted by Gasteiger charge is -2.32. The topological polar surface area (TPSA) is 49.4 Å². The molecule has 0 saturated carbocycles. The fourth-order valence-electron chi connectivity index (χ4n) is 2.35. The van der Waals surface area contributed by atoms with E-state index in [0.717, 1.165) is 17.2 Å². The molecule has 1 aliphatic rings. The molecule has 19 heavy (non-hydrogen) atoms. The van der Waals surface area contributed by atoms with E-state index in [4.69, 9.17) is 11.6 Å². The zero-order valence-electron chi connectivity index (χ0n) is 11.1. The molecule has 0 bridgehead atoms. The van der Waals surface area contributed by atoms with Crippen molar-refractivity contribution < 1.29 is 8.42 Å². The SMILES string of the molecule is CC(NC1CCN(S(C)(=O)=O)CC1)c1csc(Cl)c1. The van der Waals surface area contributed by atoms with Gasteiger partial charge in [-0.25, -0.2) is 12.7 Å². The zero-order chi connectivity index (χ0) is 14.0. The molecule has 2 rings (SSSR count). The van der Waals surface area contributed by atoms with E-state index in [1.54, 1.807) is 4.31 Å². The Morgan fingerprint density at radius 2 is 2.11 bits per heavy atom. The van der Waals surface area contributed by atoms with Crippen LogP contribution >= 0.6 is 22.9 Å². The van der Waals surface area contributed by atoms with Gasteiger partial charge in [0.1, 0.15) is 0 Å². The van der Waals surface area contributed by atoms with Crippen LogP contribution in [0.2, 0.25) is 4.34 Å². The first kappa shape index (κ1) is 15.3. The van der Waals surface area contributed by atoms with E-state index in [-0.39, 0.29) is 6.04 Å². The summed E-state index contributed by atoms with van der Waals surface area (Å²) >= 11 is 7.47. The van der Waals surface area contributed by atoms with Crippen LogP contribution in [0.4, 0.5) is 0 Å². The van der Waals surface area contributed by atoms with E-state index < -0.39 is 10.0 Å². The lowest BCUT2D eigenvalue weighted by Crippen LogP contribution is -2.45. The molecule has 0 amide bonds. The van der Waals surface area contributed by atoms with E-state index in [1.807, 2.05) is 6.07 Å². The molecule has 1 N–H and O–H groups in total. The Morgan fingerprint density at radius 1 is 1.47 bits per heavy atom. The van der Waals surface area contributed by atoms with Crippen molar-refractivity contribution in [2.45, 2.75) is 31.8 Å². The third-order valence-corrected chi connectivity index (χ3v) is 5.91. The molecule has 0 aliphatic carbocycles. The first-order valence-electron chi connectivity index (χ1n) is 6.31. The average molecular weight is 323 g/mol. The summed E-state index contributed by atoms with van der Waals surface area (Å²) in [5, 5.41) is 5.61. The summed E-state index contributed by atoms with van der Waals surface area (Å²) in [6, 6.07) is 2.60. The second-order valence-corrected chi connectivity index (χ2v) is 8.53. The number of halogens is 1. The molecule has 108 valence electrons. The number of hydrogen-bond donors (Lipinski definition) is 1. The lowest BCUT2D eigenvalue weighted by molar-refractivity contribution is 0.278. The van der Waals surface area contributed by atoms with Crippen molar-refractivity contribution in [3.63, 3.8) is 0 Å². The van der Waals surface area contributed by atoms with Crippen LogP contribution in [0.15, 0.2) is 11.4 Å². The number of rotatable bonds is 4. The highest BCUT2D eigenvalue weighted by atomic mass is 35.5. The van der Waals surface area contributed by atoms with Crippen LogP contribution in [-0.2, 0) is 10.0 Å². The summed E-state index contributed by atoms with van der Waals surface area (Å²) in [6.45, 7) is 3.32. The van der Waals surface area contributed by atoms with Crippen LogP contribution < -0.4 is 5.32 Å². The van der Waals surface area contributed by atoms with Crippen molar-refractivity contribution in [3.8, 4) is 0 Å². The third kappa shape index (κ3) is 4.16. The van der Waals surface area contributed by atoms with Gasteiger partial charge in [-0.2, -0.15) is 0 Å². The van der Waals surface area contributed by atoms with E-state index >= 15 is 0 Å². The monoisotopic (exact) mass is 322 g/mol. The lowest BCUT2D eigenvalue weighted by atomic mass is 10.0. The molecule has 1 fully saturated rings. The Kier molecular flexibility index (Phi) is 4.89. The third-order valence-electron chi connectivity index (χ3n) is 3.50. The van der Waals surface area contributed by atoms with Gasteiger partial charge in [-0.1, -0.05) is 11.6 Å². The molecule has 1 atom stereocenters. The second-order valence-electron chi connectivity index (χ2n) is 5.01. The molecule has 0 spiro atoms. The van der Waals surface area contributed by atoms with Crippen LogP contribution in [0.25, 0.3) is 0 Å². The molecule has 1 aromatic heterocycles. The molecule has 0 radical (unpaired) electrons. The summed E-state index contributed by atoms with van der Waals surface area (Å²) in [7, 11) is -3.04. The predicted octanol–water partition coefficient (Wildman–Crippen LogP) is 2.48. The Balaban J connectivity index is 1.86. The fraction of sp³-hybridized carbons (Fsp3) is 0.667. The summed E-state index contributed by atoms with van der Waals surface area (Å²) in [5.41, 5.74) is 1.19. The number of thiophene rings is 1. The van der Waals surface area contributed by atoms with Crippen molar-refractivity contribution in [2.24, 2.45) is 0 Å². The van der Waals surface area contributed by atoms with Crippen LogP contribution in [0.3, 0.4) is 0 Å². The van der Waals surface area contributed by atoms with Gasteiger partial charge in [0.15, 0.2) is 0 Å². The van der Waals surface area contributed by atoms with Crippen molar-refractivity contribution >= 4 is 33.0 Å². The minimum Gasteiger partial charge on any atom is -0.307 e. The van der Waals surface area contributed by atoms with Gasteiger partial charge in [0, 0.05) is 25.2 Å². The summed E-state index contributed by atoms with van der Waals surface area (Å²) in [5.74, 6) is 0. The van der Waals surface area contributed by atoms with Gasteiger partial charge in [-0.3, -0.25) is 0 Å². The van der Waals surface area contributed by atoms with Crippen molar-refractivity contribution in [3.05, 3.63) is 21.3 Å². The largest absolute Gasteiger partial charge is 0.307 e. The van der Waals surface area contributed by atoms with Gasteiger partial charge in [-0.15, -0.1) is 11.3 Å². The summed E-state index contributed by atoms with van der Waals surface area (Å²) in [4.78, 5) is 0. The Labute approximate surface area is 123 Å². The molecule has 7 heteroatoms. The molecular weight excluding hydrogens is 304 g/mol. The minimum absolute atomic E-state index is 0.249. The highest BCUT2D eigenvalue weighted by Gasteiger charge is 2.25. The molecule has 1 aromatic rings. The van der Waals surface area contributed by atoms with Crippen LogP contribution in [0.1, 0.15) is 31.4 Å². The van der Waals surface area contributed by atoms with Gasteiger partial charge in [0.05, 0.1) is 10.6 Å². The second kappa shape index (κ2) is 6.10. The molecule has 1 saturated heterocycles. The predicted molar refractivity (Wildman–Crippen MR) is 80.3 cm³/mol. The van der Waals surface area contributed by atoms with Gasteiger partial charge in [-0.05, 0) is 36.8 Å². The molecule has 4 nitrogen and oxygen atoms in total. The van der Waals surface area contributed by atoms with Crippen molar-refractivity contribution in [2.75, 3.05) is 19.3 Å². The number of nitrogens with zero attached hydrogens (tertiary/aromatic N) is 1. The quantitative estimate of drug-likeness (QED) is 0.926. The molecular formula is C12H19ClN2O2S2. The number of sulfonamides is 1. The van der Waals surface area contributed by atoms with Gasteiger partial charge >= 0.3 is 0 Å². The highest BCUT2D eigenvalue weighted by molar-refractivity contribution is 7.88. The number of piperidine rings is 1. The Bertz CT molecular complexity index is 522. The van der Waals surface area contributed by atoms with Crippen molar-refractivity contribution in [1.29, 1.82) is 0 Å². The first-order valence-corrected chi connectivity index (χ1v) is 9.42.